The summed E-state index contributed by atoms with van der Waals surface area (Å²) in [5.41, 5.74) is 1.01. The fourth-order valence-corrected chi connectivity index (χ4v) is 1.25. The summed E-state index contributed by atoms with van der Waals surface area (Å²) in [7, 11) is 0. The maximum absolute atomic E-state index is 10.8. The number of carboxylic acid groups (broad SMARTS) is 1. The zero-order chi connectivity index (χ0) is 10.8. The molecule has 0 aliphatic rings. The van der Waals surface area contributed by atoms with E-state index in [2.05, 4.69) is 10.3 Å². The molecule has 2 heterocycles. The molecule has 0 spiro atoms. The Balaban J connectivity index is 2.28. The van der Waals surface area contributed by atoms with Gasteiger partial charge in [0.25, 0.3) is 0 Å². The lowest BCUT2D eigenvalue weighted by molar-refractivity contribution is 0.0694. The van der Waals surface area contributed by atoms with E-state index < -0.39 is 5.97 Å². The van der Waals surface area contributed by atoms with Crippen LogP contribution in [0.1, 0.15) is 21.8 Å². The van der Waals surface area contributed by atoms with E-state index in [1.807, 2.05) is 13.0 Å². The maximum atomic E-state index is 10.8. The zero-order valence-corrected chi connectivity index (χ0v) is 8.04. The molecular weight excluding hydrogens is 198 g/mol. The molecule has 0 atom stereocenters. The Morgan fingerprint density at radius 2 is 2.47 bits per heavy atom. The Hall–Kier alpha value is -2.11. The third-order valence-electron chi connectivity index (χ3n) is 2.10. The average molecular weight is 207 g/mol. The van der Waals surface area contributed by atoms with E-state index in [-0.39, 0.29) is 12.1 Å². The van der Waals surface area contributed by atoms with Gasteiger partial charge < -0.3 is 9.63 Å². The minimum atomic E-state index is -1.05. The van der Waals surface area contributed by atoms with Crippen LogP contribution in [0, 0.1) is 6.92 Å². The summed E-state index contributed by atoms with van der Waals surface area (Å²) in [5, 5.41) is 16.3. The summed E-state index contributed by atoms with van der Waals surface area (Å²) in [4.78, 5) is 10.8. The van der Waals surface area contributed by atoms with Crippen LogP contribution in [0.25, 0.3) is 0 Å². The Bertz CT molecular complexity index is 486. The second kappa shape index (κ2) is 3.56. The molecule has 15 heavy (non-hydrogen) atoms. The summed E-state index contributed by atoms with van der Waals surface area (Å²) in [6.45, 7) is 2.16. The lowest BCUT2D eigenvalue weighted by atomic mass is 10.2. The quantitative estimate of drug-likeness (QED) is 0.809. The van der Waals surface area contributed by atoms with Crippen LogP contribution < -0.4 is 0 Å². The highest BCUT2D eigenvalue weighted by molar-refractivity contribution is 5.88. The molecule has 78 valence electrons. The van der Waals surface area contributed by atoms with Crippen molar-refractivity contribution in [2.75, 3.05) is 0 Å². The molecule has 0 radical (unpaired) electrons. The fourth-order valence-electron chi connectivity index (χ4n) is 1.25. The lowest BCUT2D eigenvalue weighted by Crippen LogP contribution is -2.07. The summed E-state index contributed by atoms with van der Waals surface area (Å²) >= 11 is 0. The van der Waals surface area contributed by atoms with E-state index >= 15 is 0 Å². The van der Waals surface area contributed by atoms with Crippen LogP contribution in [-0.2, 0) is 6.54 Å². The van der Waals surface area contributed by atoms with Gasteiger partial charge in [0.1, 0.15) is 12.1 Å². The number of nitrogens with zero attached hydrogens (tertiary/aromatic N) is 3. The molecule has 0 saturated carbocycles. The second-order valence-corrected chi connectivity index (χ2v) is 3.10. The molecule has 0 fully saturated rings. The van der Waals surface area contributed by atoms with Crippen molar-refractivity contribution < 1.29 is 14.4 Å². The Morgan fingerprint density at radius 1 is 1.67 bits per heavy atom. The molecule has 2 aromatic rings. The molecule has 0 saturated heterocycles. The molecule has 6 nitrogen and oxygen atoms in total. The smallest absolute Gasteiger partial charge is 0.341 e. The number of aryl methyl sites for hydroxylation is 1. The van der Waals surface area contributed by atoms with Crippen molar-refractivity contribution in [2.24, 2.45) is 0 Å². The molecule has 0 aliphatic heterocycles. The largest absolute Gasteiger partial charge is 0.478 e. The van der Waals surface area contributed by atoms with Crippen molar-refractivity contribution in [1.29, 1.82) is 0 Å². The van der Waals surface area contributed by atoms with Crippen molar-refractivity contribution in [3.8, 4) is 0 Å². The van der Waals surface area contributed by atoms with Crippen LogP contribution in [0.5, 0.6) is 0 Å². The van der Waals surface area contributed by atoms with Gasteiger partial charge in [0.15, 0.2) is 5.76 Å². The lowest BCUT2D eigenvalue weighted by Gasteiger charge is -2.01. The fraction of sp³-hybridized carbons (Fsp3) is 0.222. The van der Waals surface area contributed by atoms with E-state index in [9.17, 15) is 4.79 Å². The summed E-state index contributed by atoms with van der Waals surface area (Å²) in [6, 6.07) is 1.83. The number of rotatable bonds is 3. The predicted molar refractivity (Wildman–Crippen MR) is 49.5 cm³/mol. The van der Waals surface area contributed by atoms with Crippen molar-refractivity contribution in [1.82, 2.24) is 14.9 Å². The van der Waals surface area contributed by atoms with Gasteiger partial charge in [0.05, 0.1) is 6.20 Å². The summed E-state index contributed by atoms with van der Waals surface area (Å²) in [6.07, 6.45) is 2.84. The average Bonchev–Trinajstić information content (AvgIpc) is 2.77. The third-order valence-corrected chi connectivity index (χ3v) is 2.10. The van der Waals surface area contributed by atoms with E-state index in [1.165, 1.54) is 6.20 Å². The van der Waals surface area contributed by atoms with Gasteiger partial charge in [-0.1, -0.05) is 5.16 Å². The van der Waals surface area contributed by atoms with Gasteiger partial charge in [0.2, 0.25) is 0 Å². The summed E-state index contributed by atoms with van der Waals surface area (Å²) < 4.78 is 6.51. The molecule has 2 rings (SSSR count). The molecular formula is C9H9N3O3. The molecule has 1 N–H and O–H groups in total. The first kappa shape index (κ1) is 9.45. The van der Waals surface area contributed by atoms with E-state index in [4.69, 9.17) is 9.63 Å². The number of hydrogen-bond donors (Lipinski definition) is 1. The van der Waals surface area contributed by atoms with Gasteiger partial charge in [-0.3, -0.25) is 4.68 Å². The molecule has 0 bridgehead atoms. The highest BCUT2D eigenvalue weighted by Crippen LogP contribution is 2.10. The van der Waals surface area contributed by atoms with E-state index in [0.29, 0.717) is 5.76 Å². The number of carbonyl (C=O) groups is 1. The molecule has 0 aliphatic carbocycles. The van der Waals surface area contributed by atoms with Crippen LogP contribution >= 0.6 is 0 Å². The van der Waals surface area contributed by atoms with Crippen LogP contribution in [0.15, 0.2) is 23.0 Å². The Morgan fingerprint density at radius 3 is 3.07 bits per heavy atom. The minimum Gasteiger partial charge on any atom is -0.478 e. The molecule has 0 unspecified atom stereocenters. The van der Waals surface area contributed by atoms with E-state index in [0.717, 1.165) is 5.69 Å². The van der Waals surface area contributed by atoms with Crippen molar-refractivity contribution in [3.05, 3.63) is 35.5 Å². The number of hydrogen-bond acceptors (Lipinski definition) is 4. The Labute approximate surface area is 85.1 Å². The first-order valence-electron chi connectivity index (χ1n) is 4.33. The van der Waals surface area contributed by atoms with Crippen LogP contribution in [0.2, 0.25) is 0 Å². The molecule has 2 aromatic heterocycles. The minimum absolute atomic E-state index is 0.0740. The molecule has 0 amide bonds. The van der Waals surface area contributed by atoms with Crippen molar-refractivity contribution >= 4 is 5.97 Å². The summed E-state index contributed by atoms with van der Waals surface area (Å²) in [5.74, 6) is -0.745. The first-order valence-corrected chi connectivity index (χ1v) is 4.33. The predicted octanol–water partition coefficient (Wildman–Crippen LogP) is 0.926. The second-order valence-electron chi connectivity index (χ2n) is 3.10. The number of aromatic carboxylic acids is 1. The standard InChI is InChI=1S/C9H9N3O3/c1-6-2-3-10-12(6)5-8-7(9(13)14)4-11-15-8/h2-4H,5H2,1H3,(H,13,14). The third kappa shape index (κ3) is 1.74. The van der Waals surface area contributed by atoms with Crippen LogP contribution in [-0.4, -0.2) is 26.0 Å². The van der Waals surface area contributed by atoms with Crippen molar-refractivity contribution in [3.63, 3.8) is 0 Å². The SMILES string of the molecule is Cc1ccnn1Cc1oncc1C(=O)O. The van der Waals surface area contributed by atoms with Gasteiger partial charge in [-0.15, -0.1) is 0 Å². The van der Waals surface area contributed by atoms with Crippen LogP contribution in [0.3, 0.4) is 0 Å². The van der Waals surface area contributed by atoms with E-state index in [1.54, 1.807) is 10.9 Å². The number of aromatic nitrogens is 3. The normalized spacial score (nSPS) is 10.5. The molecule has 6 heteroatoms. The van der Waals surface area contributed by atoms with Gasteiger partial charge in [-0.2, -0.15) is 5.10 Å². The highest BCUT2D eigenvalue weighted by atomic mass is 16.5. The first-order chi connectivity index (χ1) is 7.18. The van der Waals surface area contributed by atoms with Gasteiger partial charge in [-0.05, 0) is 13.0 Å². The highest BCUT2D eigenvalue weighted by Gasteiger charge is 2.15. The maximum Gasteiger partial charge on any atom is 0.341 e. The van der Waals surface area contributed by atoms with Gasteiger partial charge in [0, 0.05) is 11.9 Å². The number of carboxylic acids is 1. The van der Waals surface area contributed by atoms with Gasteiger partial charge >= 0.3 is 5.97 Å². The van der Waals surface area contributed by atoms with Gasteiger partial charge in [-0.25, -0.2) is 4.79 Å². The Kier molecular flexibility index (Phi) is 2.24. The zero-order valence-electron chi connectivity index (χ0n) is 8.04. The monoisotopic (exact) mass is 207 g/mol. The van der Waals surface area contributed by atoms with Crippen molar-refractivity contribution in [2.45, 2.75) is 13.5 Å². The van der Waals surface area contributed by atoms with Crippen LogP contribution in [0.4, 0.5) is 0 Å². The molecule has 0 aromatic carbocycles. The topological polar surface area (TPSA) is 81.2 Å².